The summed E-state index contributed by atoms with van der Waals surface area (Å²) < 4.78 is 4.78. The number of fused-ring (bicyclic) bond motifs is 6. The molecule has 1 aliphatic rings. The van der Waals surface area contributed by atoms with Crippen LogP contribution >= 0.6 is 0 Å². The van der Waals surface area contributed by atoms with Crippen molar-refractivity contribution >= 4 is 43.6 Å². The highest BCUT2D eigenvalue weighted by molar-refractivity contribution is 6.12. The highest BCUT2D eigenvalue weighted by Gasteiger charge is 2.18. The van der Waals surface area contributed by atoms with Crippen molar-refractivity contribution in [3.63, 3.8) is 0 Å². The summed E-state index contributed by atoms with van der Waals surface area (Å²) in [5, 5.41) is 5.05. The number of para-hydroxylation sites is 3. The molecule has 2 atom stereocenters. The maximum Gasteiger partial charge on any atom is 0.0541 e. The largest absolute Gasteiger partial charge is 0.309 e. The first kappa shape index (κ1) is 29.5. The number of hydrogen-bond acceptors (Lipinski definition) is 0. The van der Waals surface area contributed by atoms with E-state index in [0.29, 0.717) is 11.8 Å². The minimum atomic E-state index is 0.437. The van der Waals surface area contributed by atoms with Crippen molar-refractivity contribution in [2.75, 3.05) is 0 Å². The fourth-order valence-corrected chi connectivity index (χ4v) is 8.27. The number of nitrogens with zero attached hydrogens (tertiary/aromatic N) is 2. The number of rotatable bonds is 5. The molecule has 2 unspecified atom stereocenters. The molecule has 0 N–H and O–H groups in total. The van der Waals surface area contributed by atoms with Crippen LogP contribution in [0.25, 0.3) is 77.2 Å². The van der Waals surface area contributed by atoms with E-state index in [1.165, 1.54) is 77.1 Å². The van der Waals surface area contributed by atoms with Crippen molar-refractivity contribution in [3.8, 4) is 33.6 Å². The monoisotopic (exact) mass is 652 g/mol. The summed E-state index contributed by atoms with van der Waals surface area (Å²) in [6, 6.07) is 60.2. The Labute approximate surface area is 297 Å². The summed E-state index contributed by atoms with van der Waals surface area (Å²) in [5.41, 5.74) is 13.5. The molecule has 242 valence electrons. The van der Waals surface area contributed by atoms with Crippen LogP contribution in [0.4, 0.5) is 0 Å². The third-order valence-electron chi connectivity index (χ3n) is 10.9. The summed E-state index contributed by atoms with van der Waals surface area (Å²) in [5.74, 6) is 0.950. The highest BCUT2D eigenvalue weighted by atomic mass is 15.0. The second kappa shape index (κ2) is 11.9. The summed E-state index contributed by atoms with van der Waals surface area (Å²) >= 11 is 0. The fraction of sp³-hybridized carbons (Fsp3) is 0.0612. The van der Waals surface area contributed by atoms with Crippen LogP contribution in [0, 0.1) is 5.92 Å². The molecule has 2 aromatic heterocycles. The average Bonchev–Trinajstić information content (AvgIpc) is 3.71. The normalized spacial score (nSPS) is 15.8. The van der Waals surface area contributed by atoms with Crippen LogP contribution in [-0.4, -0.2) is 9.13 Å². The number of benzene rings is 7. The second-order valence-electron chi connectivity index (χ2n) is 13.8. The molecule has 51 heavy (non-hydrogen) atoms. The lowest BCUT2D eigenvalue weighted by Gasteiger charge is -2.21. The van der Waals surface area contributed by atoms with E-state index in [4.69, 9.17) is 0 Å². The van der Waals surface area contributed by atoms with E-state index in [-0.39, 0.29) is 0 Å². The molecule has 0 bridgehead atoms. The summed E-state index contributed by atoms with van der Waals surface area (Å²) in [6.45, 7) is 2.29. The fourth-order valence-electron chi connectivity index (χ4n) is 8.27. The summed E-state index contributed by atoms with van der Waals surface area (Å²) in [6.07, 6.45) is 8.92. The SMILES string of the molecule is CC1C=CC=CC1c1ccc(-c2ccc(-n3c4ccccc4c4cc(-c5ccc6c(c5)c5ccccc5n6-c5ccccc5)ccc43)cc2)cc1. The lowest BCUT2D eigenvalue weighted by atomic mass is 9.84. The molecular weight excluding hydrogens is 617 g/mol. The van der Waals surface area contributed by atoms with E-state index in [1.54, 1.807) is 0 Å². The minimum Gasteiger partial charge on any atom is -0.309 e. The van der Waals surface area contributed by atoms with Gasteiger partial charge in [-0.2, -0.15) is 0 Å². The predicted octanol–water partition coefficient (Wildman–Crippen LogP) is 13.1. The molecule has 7 aromatic carbocycles. The number of allylic oxidation sites excluding steroid dienone is 4. The van der Waals surface area contributed by atoms with Gasteiger partial charge in [-0.15, -0.1) is 0 Å². The van der Waals surface area contributed by atoms with Crippen LogP contribution < -0.4 is 0 Å². The third kappa shape index (κ3) is 4.87. The molecule has 1 aliphatic carbocycles. The maximum atomic E-state index is 2.41. The predicted molar refractivity (Wildman–Crippen MR) is 216 cm³/mol. The first-order valence-corrected chi connectivity index (χ1v) is 17.9. The zero-order valence-corrected chi connectivity index (χ0v) is 28.4. The number of hydrogen-bond donors (Lipinski definition) is 0. The molecule has 0 fully saturated rings. The molecule has 2 heterocycles. The second-order valence-corrected chi connectivity index (χ2v) is 13.8. The standard InChI is InChI=1S/C49H36N2/c1-33-11-5-6-14-41(33)36-21-19-34(20-22-36)35-23-27-40(28-24-35)51-47-18-10-8-16-43(47)45-32-38(26-30-49(45)51)37-25-29-48-44(31-37)42-15-7-9-17-46(42)50(48)39-12-3-2-4-13-39/h2-33,41H,1H3. The van der Waals surface area contributed by atoms with E-state index in [2.05, 4.69) is 204 Å². The Bertz CT molecular complexity index is 2790. The van der Waals surface area contributed by atoms with Gasteiger partial charge in [-0.05, 0) is 94.4 Å². The van der Waals surface area contributed by atoms with Gasteiger partial charge in [0.1, 0.15) is 0 Å². The van der Waals surface area contributed by atoms with Gasteiger partial charge in [0.2, 0.25) is 0 Å². The van der Waals surface area contributed by atoms with Gasteiger partial charge >= 0.3 is 0 Å². The van der Waals surface area contributed by atoms with E-state index in [0.717, 1.165) is 5.69 Å². The average molecular weight is 653 g/mol. The van der Waals surface area contributed by atoms with Crippen LogP contribution in [-0.2, 0) is 0 Å². The molecule has 2 nitrogen and oxygen atoms in total. The topological polar surface area (TPSA) is 9.86 Å². The molecule has 0 saturated heterocycles. The van der Waals surface area contributed by atoms with E-state index >= 15 is 0 Å². The Morgan fingerprint density at radius 1 is 0.373 bits per heavy atom. The van der Waals surface area contributed by atoms with E-state index in [1.807, 2.05) is 0 Å². The molecular formula is C49H36N2. The Morgan fingerprint density at radius 2 is 0.824 bits per heavy atom. The molecule has 0 saturated carbocycles. The molecule has 0 radical (unpaired) electrons. The van der Waals surface area contributed by atoms with Crippen LogP contribution in [0.1, 0.15) is 18.4 Å². The third-order valence-corrected chi connectivity index (χ3v) is 10.9. The van der Waals surface area contributed by atoms with Crippen LogP contribution in [0.2, 0.25) is 0 Å². The van der Waals surface area contributed by atoms with Gasteiger partial charge in [-0.3, -0.25) is 0 Å². The van der Waals surface area contributed by atoms with Crippen molar-refractivity contribution in [2.45, 2.75) is 12.8 Å². The Morgan fingerprint density at radius 3 is 1.39 bits per heavy atom. The van der Waals surface area contributed by atoms with Gasteiger partial charge in [0.15, 0.2) is 0 Å². The first-order valence-electron chi connectivity index (χ1n) is 17.9. The summed E-state index contributed by atoms with van der Waals surface area (Å²) in [4.78, 5) is 0. The van der Waals surface area contributed by atoms with E-state index in [9.17, 15) is 0 Å². The molecule has 0 aliphatic heterocycles. The zero-order valence-electron chi connectivity index (χ0n) is 28.4. The van der Waals surface area contributed by atoms with Gasteiger partial charge < -0.3 is 9.13 Å². The Balaban J connectivity index is 1.03. The molecule has 0 amide bonds. The van der Waals surface area contributed by atoms with Crippen molar-refractivity contribution in [3.05, 3.63) is 194 Å². The van der Waals surface area contributed by atoms with Crippen LogP contribution in [0.15, 0.2) is 188 Å². The molecule has 10 rings (SSSR count). The number of aromatic nitrogens is 2. The smallest absolute Gasteiger partial charge is 0.0541 e. The maximum absolute atomic E-state index is 2.41. The van der Waals surface area contributed by atoms with Crippen LogP contribution in [0.5, 0.6) is 0 Å². The lowest BCUT2D eigenvalue weighted by Crippen LogP contribution is -2.06. The van der Waals surface area contributed by atoms with Gasteiger partial charge in [0.25, 0.3) is 0 Å². The zero-order chi connectivity index (χ0) is 33.9. The van der Waals surface area contributed by atoms with Gasteiger partial charge in [-0.25, -0.2) is 0 Å². The Hall–Kier alpha value is -6.38. The van der Waals surface area contributed by atoms with Crippen LogP contribution in [0.3, 0.4) is 0 Å². The van der Waals surface area contributed by atoms with Crippen molar-refractivity contribution in [2.24, 2.45) is 5.92 Å². The lowest BCUT2D eigenvalue weighted by molar-refractivity contribution is 0.635. The van der Waals surface area contributed by atoms with E-state index < -0.39 is 0 Å². The van der Waals surface area contributed by atoms with Crippen molar-refractivity contribution in [1.29, 1.82) is 0 Å². The van der Waals surface area contributed by atoms with Gasteiger partial charge in [0, 0.05) is 38.8 Å². The first-order chi connectivity index (χ1) is 25.2. The van der Waals surface area contributed by atoms with Crippen molar-refractivity contribution < 1.29 is 0 Å². The molecule has 9 aromatic rings. The minimum absolute atomic E-state index is 0.437. The van der Waals surface area contributed by atoms with Crippen molar-refractivity contribution in [1.82, 2.24) is 9.13 Å². The molecule has 0 spiro atoms. The van der Waals surface area contributed by atoms with Gasteiger partial charge in [-0.1, -0.05) is 134 Å². The van der Waals surface area contributed by atoms with Gasteiger partial charge in [0.05, 0.1) is 22.1 Å². The highest BCUT2D eigenvalue weighted by Crippen LogP contribution is 2.39. The Kier molecular flexibility index (Phi) is 6.89. The quantitative estimate of drug-likeness (QED) is 0.175. The molecule has 2 heteroatoms. The summed E-state index contributed by atoms with van der Waals surface area (Å²) in [7, 11) is 0.